The highest BCUT2D eigenvalue weighted by Gasteiger charge is 2.52. The number of phenolic OH excluding ortho intramolecular Hbond substituents is 1. The van der Waals surface area contributed by atoms with E-state index in [0.29, 0.717) is 5.46 Å². The van der Waals surface area contributed by atoms with Gasteiger partial charge in [0.05, 0.1) is 11.2 Å². The van der Waals surface area contributed by atoms with Gasteiger partial charge in [0.2, 0.25) is 0 Å². The van der Waals surface area contributed by atoms with Gasteiger partial charge in [0, 0.05) is 11.0 Å². The summed E-state index contributed by atoms with van der Waals surface area (Å²) in [6.45, 7) is 8.02. The third-order valence-corrected chi connectivity index (χ3v) is 4.66. The van der Waals surface area contributed by atoms with Gasteiger partial charge in [-0.2, -0.15) is 0 Å². The summed E-state index contributed by atoms with van der Waals surface area (Å²) in [4.78, 5) is 0. The minimum atomic E-state index is -0.561. The Bertz CT molecular complexity index is 664. The van der Waals surface area contributed by atoms with Crippen LogP contribution >= 0.6 is 0 Å². The maximum absolute atomic E-state index is 10.7. The van der Waals surface area contributed by atoms with Crippen molar-refractivity contribution < 1.29 is 14.4 Å². The van der Waals surface area contributed by atoms with E-state index in [1.165, 1.54) is 0 Å². The van der Waals surface area contributed by atoms with E-state index in [4.69, 9.17) is 9.31 Å². The molecule has 3 rings (SSSR count). The highest BCUT2D eigenvalue weighted by Crippen LogP contribution is 2.38. The van der Waals surface area contributed by atoms with Gasteiger partial charge in [0.15, 0.2) is 0 Å². The molecule has 2 aromatic rings. The van der Waals surface area contributed by atoms with Crippen molar-refractivity contribution in [3.8, 4) is 16.9 Å². The van der Waals surface area contributed by atoms with Crippen LogP contribution < -0.4 is 5.46 Å². The molecule has 0 aliphatic carbocycles. The van der Waals surface area contributed by atoms with E-state index in [0.717, 1.165) is 11.1 Å². The predicted molar refractivity (Wildman–Crippen MR) is 89.3 cm³/mol. The monoisotopic (exact) mass is 296 g/mol. The first-order valence-electron chi connectivity index (χ1n) is 7.55. The van der Waals surface area contributed by atoms with Crippen molar-refractivity contribution in [3.63, 3.8) is 0 Å². The normalized spacial score (nSPS) is 19.4. The van der Waals surface area contributed by atoms with Crippen LogP contribution in [0.5, 0.6) is 5.75 Å². The van der Waals surface area contributed by atoms with Crippen LogP contribution in [-0.2, 0) is 9.31 Å². The molecule has 22 heavy (non-hydrogen) atoms. The topological polar surface area (TPSA) is 38.7 Å². The number of hydrogen-bond donors (Lipinski definition) is 1. The number of aromatic hydroxyl groups is 1. The van der Waals surface area contributed by atoms with Gasteiger partial charge in [-0.3, -0.25) is 0 Å². The molecule has 1 aliphatic heterocycles. The van der Waals surface area contributed by atoms with Crippen molar-refractivity contribution in [2.24, 2.45) is 0 Å². The molecule has 114 valence electrons. The first-order valence-corrected chi connectivity index (χ1v) is 7.55. The molecule has 2 aromatic carbocycles. The van der Waals surface area contributed by atoms with Crippen molar-refractivity contribution in [1.82, 2.24) is 0 Å². The van der Waals surface area contributed by atoms with Crippen molar-refractivity contribution in [3.05, 3.63) is 48.5 Å². The second-order valence-corrected chi connectivity index (χ2v) is 6.70. The van der Waals surface area contributed by atoms with Gasteiger partial charge in [-0.1, -0.05) is 48.5 Å². The van der Waals surface area contributed by atoms with Gasteiger partial charge in [0.25, 0.3) is 0 Å². The standard InChI is InChI=1S/C18H21BO3/c1-17(2)18(3,4)22-19(21-17)15-12-8-11-14(16(15)20)13-9-6-5-7-10-13/h5-12,20H,1-4H3. The average molecular weight is 296 g/mol. The van der Waals surface area contributed by atoms with Crippen molar-refractivity contribution in [2.75, 3.05) is 0 Å². The fourth-order valence-corrected chi connectivity index (χ4v) is 2.57. The highest BCUT2D eigenvalue weighted by molar-refractivity contribution is 6.63. The Morgan fingerprint density at radius 2 is 1.41 bits per heavy atom. The summed E-state index contributed by atoms with van der Waals surface area (Å²) in [6.07, 6.45) is 0. The van der Waals surface area contributed by atoms with Crippen LogP contribution in [0, 0.1) is 0 Å². The van der Waals surface area contributed by atoms with Gasteiger partial charge >= 0.3 is 7.12 Å². The van der Waals surface area contributed by atoms with Gasteiger partial charge in [-0.05, 0) is 33.3 Å². The SMILES string of the molecule is CC1(C)OB(c2cccc(-c3ccccc3)c2O)OC1(C)C. The number of rotatable bonds is 2. The van der Waals surface area contributed by atoms with E-state index in [1.54, 1.807) is 0 Å². The lowest BCUT2D eigenvalue weighted by molar-refractivity contribution is 0.00578. The predicted octanol–water partition coefficient (Wildman–Crippen LogP) is 3.36. The molecule has 4 heteroatoms. The minimum Gasteiger partial charge on any atom is -0.508 e. The molecule has 0 radical (unpaired) electrons. The van der Waals surface area contributed by atoms with E-state index in [1.807, 2.05) is 76.2 Å². The Morgan fingerprint density at radius 3 is 2.00 bits per heavy atom. The maximum Gasteiger partial charge on any atom is 0.498 e. The molecule has 1 saturated heterocycles. The lowest BCUT2D eigenvalue weighted by Crippen LogP contribution is -2.41. The molecule has 0 atom stereocenters. The summed E-state index contributed by atoms with van der Waals surface area (Å²) in [5, 5.41) is 10.7. The zero-order valence-electron chi connectivity index (χ0n) is 13.5. The van der Waals surface area contributed by atoms with Crippen LogP contribution in [0.2, 0.25) is 0 Å². The van der Waals surface area contributed by atoms with Crippen LogP contribution in [0.1, 0.15) is 27.7 Å². The summed E-state index contributed by atoms with van der Waals surface area (Å²) in [5.41, 5.74) is 1.57. The molecule has 0 unspecified atom stereocenters. The molecule has 1 fully saturated rings. The van der Waals surface area contributed by atoms with Gasteiger partial charge in [-0.15, -0.1) is 0 Å². The van der Waals surface area contributed by atoms with Crippen molar-refractivity contribution in [2.45, 2.75) is 38.9 Å². The molecular weight excluding hydrogens is 275 g/mol. The quantitative estimate of drug-likeness (QED) is 0.864. The third kappa shape index (κ3) is 2.42. The second kappa shape index (κ2) is 5.15. The van der Waals surface area contributed by atoms with Crippen LogP contribution in [0.3, 0.4) is 0 Å². The van der Waals surface area contributed by atoms with Crippen LogP contribution in [0.25, 0.3) is 11.1 Å². The molecule has 0 bridgehead atoms. The summed E-state index contributed by atoms with van der Waals surface area (Å²) in [5.74, 6) is 0.215. The molecule has 0 saturated carbocycles. The molecule has 0 amide bonds. The first-order chi connectivity index (χ1) is 10.3. The first kappa shape index (κ1) is 15.1. The lowest BCUT2D eigenvalue weighted by atomic mass is 9.77. The van der Waals surface area contributed by atoms with Crippen LogP contribution in [0.4, 0.5) is 0 Å². The molecule has 1 aliphatic rings. The average Bonchev–Trinajstić information content (AvgIpc) is 2.68. The van der Waals surface area contributed by atoms with Crippen LogP contribution in [-0.4, -0.2) is 23.4 Å². The Balaban J connectivity index is 2.01. The zero-order chi connectivity index (χ0) is 16.0. The van der Waals surface area contributed by atoms with E-state index in [9.17, 15) is 5.11 Å². The molecule has 1 heterocycles. The Morgan fingerprint density at radius 1 is 0.818 bits per heavy atom. The van der Waals surface area contributed by atoms with E-state index in [2.05, 4.69) is 0 Å². The smallest absolute Gasteiger partial charge is 0.498 e. The third-order valence-electron chi connectivity index (χ3n) is 4.66. The second-order valence-electron chi connectivity index (χ2n) is 6.70. The van der Waals surface area contributed by atoms with Gasteiger partial charge < -0.3 is 14.4 Å². The van der Waals surface area contributed by atoms with Crippen LogP contribution in [0.15, 0.2) is 48.5 Å². The van der Waals surface area contributed by atoms with Crippen molar-refractivity contribution in [1.29, 1.82) is 0 Å². The zero-order valence-corrected chi connectivity index (χ0v) is 13.5. The lowest BCUT2D eigenvalue weighted by Gasteiger charge is -2.32. The Kier molecular flexibility index (Phi) is 3.54. The van der Waals surface area contributed by atoms with E-state index < -0.39 is 18.3 Å². The molecular formula is C18H21BO3. The number of benzene rings is 2. The molecule has 0 spiro atoms. The van der Waals surface area contributed by atoms with E-state index >= 15 is 0 Å². The minimum absolute atomic E-state index is 0.215. The molecule has 0 aromatic heterocycles. The van der Waals surface area contributed by atoms with Crippen molar-refractivity contribution >= 4 is 12.6 Å². The largest absolute Gasteiger partial charge is 0.508 e. The van der Waals surface area contributed by atoms with Gasteiger partial charge in [-0.25, -0.2) is 0 Å². The summed E-state index contributed by atoms with van der Waals surface area (Å²) >= 11 is 0. The van der Waals surface area contributed by atoms with E-state index in [-0.39, 0.29) is 5.75 Å². The summed E-state index contributed by atoms with van der Waals surface area (Å²) in [6, 6.07) is 15.5. The summed E-state index contributed by atoms with van der Waals surface area (Å²) in [7, 11) is -0.561. The number of hydrogen-bond acceptors (Lipinski definition) is 3. The molecule has 3 nitrogen and oxygen atoms in total. The highest BCUT2D eigenvalue weighted by atomic mass is 16.7. The Hall–Kier alpha value is -1.78. The fraction of sp³-hybridized carbons (Fsp3) is 0.333. The van der Waals surface area contributed by atoms with Gasteiger partial charge in [0.1, 0.15) is 5.75 Å². The summed E-state index contributed by atoms with van der Waals surface area (Å²) < 4.78 is 12.1. The number of para-hydroxylation sites is 1. The molecule has 1 N–H and O–H groups in total. The fourth-order valence-electron chi connectivity index (χ4n) is 2.57. The number of phenols is 1. The Labute approximate surface area is 132 Å². The maximum atomic E-state index is 10.7.